The second kappa shape index (κ2) is 9.92. The molecule has 0 spiro atoms. The molecule has 1 aliphatic rings. The minimum atomic E-state index is -0.236. The third-order valence-electron chi connectivity index (χ3n) is 5.26. The quantitative estimate of drug-likeness (QED) is 0.235. The van der Waals surface area contributed by atoms with Crippen LogP contribution in [0.4, 0.5) is 10.1 Å². The summed E-state index contributed by atoms with van der Waals surface area (Å²) in [6.45, 7) is 1.27. The highest BCUT2D eigenvalue weighted by atomic mass is 127. The van der Waals surface area contributed by atoms with Gasteiger partial charge < -0.3 is 20.9 Å². The zero-order valence-electron chi connectivity index (χ0n) is 16.7. The van der Waals surface area contributed by atoms with Crippen molar-refractivity contribution < 1.29 is 9.18 Å². The largest absolute Gasteiger partial charge is 0.361 e. The van der Waals surface area contributed by atoms with Crippen molar-refractivity contribution in [2.24, 2.45) is 4.99 Å². The Bertz CT molecular complexity index is 1060. The van der Waals surface area contributed by atoms with Crippen LogP contribution in [0.5, 0.6) is 0 Å². The Morgan fingerprint density at radius 3 is 2.90 bits per heavy atom. The van der Waals surface area contributed by atoms with Gasteiger partial charge in [0.15, 0.2) is 5.96 Å². The number of nitrogens with zero attached hydrogens (tertiary/aromatic N) is 1. The van der Waals surface area contributed by atoms with Gasteiger partial charge in [-0.1, -0.05) is 18.2 Å². The van der Waals surface area contributed by atoms with Crippen LogP contribution in [0, 0.1) is 5.82 Å². The lowest BCUT2D eigenvalue weighted by Crippen LogP contribution is -2.41. The van der Waals surface area contributed by atoms with Gasteiger partial charge in [-0.05, 0) is 41.8 Å². The molecule has 8 heteroatoms. The summed E-state index contributed by atoms with van der Waals surface area (Å²) >= 11 is 0. The number of hydrogen-bond donors (Lipinski definition) is 4. The molecule has 0 bridgehead atoms. The normalized spacial score (nSPS) is 15.9. The van der Waals surface area contributed by atoms with Gasteiger partial charge in [-0.2, -0.15) is 0 Å². The van der Waals surface area contributed by atoms with Crippen molar-refractivity contribution >= 4 is 52.4 Å². The predicted octanol–water partition coefficient (Wildman–Crippen LogP) is 3.76. The van der Waals surface area contributed by atoms with Gasteiger partial charge in [0.2, 0.25) is 5.91 Å². The first kappa shape index (κ1) is 22.1. The third kappa shape index (κ3) is 4.92. The van der Waals surface area contributed by atoms with Crippen LogP contribution in [-0.4, -0.2) is 37.0 Å². The summed E-state index contributed by atoms with van der Waals surface area (Å²) in [7, 11) is 1.72. The molecule has 2 aromatic carbocycles. The van der Waals surface area contributed by atoms with E-state index in [0.29, 0.717) is 25.5 Å². The minimum absolute atomic E-state index is 0. The van der Waals surface area contributed by atoms with Crippen molar-refractivity contribution in [3.8, 4) is 0 Å². The number of hydrogen-bond acceptors (Lipinski definition) is 2. The van der Waals surface area contributed by atoms with Gasteiger partial charge >= 0.3 is 0 Å². The fourth-order valence-electron chi connectivity index (χ4n) is 3.80. The average Bonchev–Trinajstić information content (AvgIpc) is 3.12. The Labute approximate surface area is 191 Å². The van der Waals surface area contributed by atoms with Crippen LogP contribution in [-0.2, 0) is 11.2 Å². The van der Waals surface area contributed by atoms with Crippen molar-refractivity contribution in [3.63, 3.8) is 0 Å². The van der Waals surface area contributed by atoms with Crippen LogP contribution >= 0.6 is 24.0 Å². The lowest BCUT2D eigenvalue weighted by atomic mass is 9.90. The summed E-state index contributed by atoms with van der Waals surface area (Å²) in [6, 6.07) is 12.6. The molecule has 4 rings (SSSR count). The summed E-state index contributed by atoms with van der Waals surface area (Å²) in [5.41, 5.74) is 4.00. The van der Waals surface area contributed by atoms with E-state index in [1.807, 2.05) is 30.5 Å². The standard InChI is InChI=1S/C22H24FN5O.HI/c1-24-22(25-9-8-14-12-26-19-7-6-16(23)11-18(14)19)27-13-15-10-21(29)28-20-5-3-2-4-17(15)20;/h2-7,11-12,15,26H,8-10,13H2,1H3,(H,28,29)(H2,24,25,27);1H. The predicted molar refractivity (Wildman–Crippen MR) is 129 cm³/mol. The molecule has 0 fully saturated rings. The fraction of sp³-hybridized carbons (Fsp3) is 0.273. The number of H-pyrrole nitrogens is 1. The Morgan fingerprint density at radius 1 is 1.23 bits per heavy atom. The zero-order valence-corrected chi connectivity index (χ0v) is 19.0. The Balaban J connectivity index is 0.00000256. The molecule has 1 atom stereocenters. The number of aromatic nitrogens is 1. The summed E-state index contributed by atoms with van der Waals surface area (Å²) in [5, 5.41) is 10.4. The van der Waals surface area contributed by atoms with E-state index in [1.54, 1.807) is 19.2 Å². The van der Waals surface area contributed by atoms with E-state index >= 15 is 0 Å². The molecule has 0 saturated carbocycles. The molecule has 4 N–H and O–H groups in total. The van der Waals surface area contributed by atoms with Crippen molar-refractivity contribution in [3.05, 3.63) is 65.6 Å². The van der Waals surface area contributed by atoms with Gasteiger partial charge in [0, 0.05) is 55.3 Å². The zero-order chi connectivity index (χ0) is 20.2. The number of carbonyl (C=O) groups is 1. The van der Waals surface area contributed by atoms with Gasteiger partial charge in [-0.3, -0.25) is 9.79 Å². The van der Waals surface area contributed by atoms with E-state index in [4.69, 9.17) is 0 Å². The molecule has 1 aliphatic heterocycles. The van der Waals surface area contributed by atoms with E-state index in [-0.39, 0.29) is 41.6 Å². The van der Waals surface area contributed by atoms with Gasteiger partial charge in [-0.15, -0.1) is 24.0 Å². The first-order valence-corrected chi connectivity index (χ1v) is 9.73. The van der Waals surface area contributed by atoms with Crippen LogP contribution in [0.1, 0.15) is 23.5 Å². The average molecular weight is 521 g/mol. The molecule has 30 heavy (non-hydrogen) atoms. The van der Waals surface area contributed by atoms with E-state index in [0.717, 1.165) is 34.1 Å². The third-order valence-corrected chi connectivity index (χ3v) is 5.26. The van der Waals surface area contributed by atoms with E-state index in [1.165, 1.54) is 6.07 Å². The monoisotopic (exact) mass is 521 g/mol. The van der Waals surface area contributed by atoms with Crippen LogP contribution in [0.3, 0.4) is 0 Å². The highest BCUT2D eigenvalue weighted by Gasteiger charge is 2.24. The van der Waals surface area contributed by atoms with E-state index < -0.39 is 0 Å². The van der Waals surface area contributed by atoms with Gasteiger partial charge in [0.05, 0.1) is 0 Å². The number of aromatic amines is 1. The summed E-state index contributed by atoms with van der Waals surface area (Å²) in [6.07, 6.45) is 3.10. The number of fused-ring (bicyclic) bond motifs is 2. The SMILES string of the molecule is CN=C(NCCc1c[nH]c2ccc(F)cc12)NCC1CC(=O)Nc2ccccc21.I. The second-order valence-corrected chi connectivity index (χ2v) is 7.17. The van der Waals surface area contributed by atoms with Gasteiger partial charge in [0.1, 0.15) is 5.82 Å². The molecule has 1 aromatic heterocycles. The molecule has 2 heterocycles. The number of guanidine groups is 1. The van der Waals surface area contributed by atoms with Gasteiger partial charge in [0.25, 0.3) is 0 Å². The van der Waals surface area contributed by atoms with Crippen molar-refractivity contribution in [1.82, 2.24) is 15.6 Å². The van der Waals surface area contributed by atoms with Crippen LogP contribution in [0.2, 0.25) is 0 Å². The van der Waals surface area contributed by atoms with E-state index in [9.17, 15) is 9.18 Å². The Morgan fingerprint density at radius 2 is 2.07 bits per heavy atom. The number of amides is 1. The second-order valence-electron chi connectivity index (χ2n) is 7.17. The molecule has 1 amide bonds. The maximum absolute atomic E-state index is 13.5. The maximum Gasteiger partial charge on any atom is 0.225 e. The number of benzene rings is 2. The number of rotatable bonds is 5. The lowest BCUT2D eigenvalue weighted by Gasteiger charge is -2.26. The van der Waals surface area contributed by atoms with Crippen LogP contribution in [0.15, 0.2) is 53.7 Å². The molecule has 0 radical (unpaired) electrons. The molecule has 0 aliphatic carbocycles. The maximum atomic E-state index is 13.5. The number of halogens is 2. The van der Waals surface area contributed by atoms with Gasteiger partial charge in [-0.25, -0.2) is 4.39 Å². The van der Waals surface area contributed by atoms with Crippen LogP contribution < -0.4 is 16.0 Å². The molecule has 3 aromatic rings. The molecular formula is C22H25FIN5O. The fourth-order valence-corrected chi connectivity index (χ4v) is 3.80. The first-order valence-electron chi connectivity index (χ1n) is 9.73. The van der Waals surface area contributed by atoms with Crippen LogP contribution in [0.25, 0.3) is 10.9 Å². The molecule has 6 nitrogen and oxygen atoms in total. The van der Waals surface area contributed by atoms with Crippen molar-refractivity contribution in [1.29, 1.82) is 0 Å². The number of aliphatic imine (C=N–C) groups is 1. The number of nitrogens with one attached hydrogen (secondary N) is 4. The summed E-state index contributed by atoms with van der Waals surface area (Å²) in [4.78, 5) is 19.4. The first-order chi connectivity index (χ1) is 14.1. The molecule has 158 valence electrons. The minimum Gasteiger partial charge on any atom is -0.361 e. The number of para-hydroxylation sites is 1. The Kier molecular flexibility index (Phi) is 7.30. The summed E-state index contributed by atoms with van der Waals surface area (Å²) in [5.74, 6) is 0.570. The van der Waals surface area contributed by atoms with Crippen molar-refractivity contribution in [2.75, 3.05) is 25.5 Å². The Hall–Kier alpha value is -2.62. The highest BCUT2D eigenvalue weighted by molar-refractivity contribution is 14.0. The topological polar surface area (TPSA) is 81.3 Å². The summed E-state index contributed by atoms with van der Waals surface area (Å²) < 4.78 is 13.5. The smallest absolute Gasteiger partial charge is 0.225 e. The lowest BCUT2D eigenvalue weighted by molar-refractivity contribution is -0.116. The van der Waals surface area contributed by atoms with E-state index in [2.05, 4.69) is 25.9 Å². The number of anilines is 1. The number of carbonyl (C=O) groups excluding carboxylic acids is 1. The van der Waals surface area contributed by atoms with Crippen molar-refractivity contribution in [2.45, 2.75) is 18.8 Å². The highest BCUT2D eigenvalue weighted by Crippen LogP contribution is 2.31. The molecule has 0 saturated heterocycles. The molecule has 1 unspecified atom stereocenters. The molecular weight excluding hydrogens is 496 g/mol.